The van der Waals surface area contributed by atoms with E-state index >= 15 is 0 Å². The molecule has 0 heterocycles. The molecule has 0 saturated heterocycles. The molecule has 0 aromatic carbocycles. The predicted octanol–water partition coefficient (Wildman–Crippen LogP) is -4.79. The van der Waals surface area contributed by atoms with Gasteiger partial charge in [-0.1, -0.05) is 0 Å². The first-order valence-electron chi connectivity index (χ1n) is 1.74. The van der Waals surface area contributed by atoms with Crippen LogP contribution in [0.5, 0.6) is 0 Å². The zero-order valence-corrected chi connectivity index (χ0v) is 4.97. The molecule has 0 N–H and O–H groups in total. The molecular weight excluding hydrogens is 144 g/mol. The maximum absolute atomic E-state index is 10.9. The van der Waals surface area contributed by atoms with Gasteiger partial charge in [-0.25, -0.2) is 13.4 Å². The molecule has 0 spiro atoms. The number of aliphatic carboxylic acids is 1. The summed E-state index contributed by atoms with van der Waals surface area (Å²) in [6.07, 6.45) is 0. The number of carbonyl (C=O) groups is 2. The van der Waals surface area contributed by atoms with Gasteiger partial charge < -0.3 is 14.6 Å². The molecule has 0 radical (unpaired) electrons. The molecule has 0 saturated carbocycles. The van der Waals surface area contributed by atoms with Crippen molar-refractivity contribution in [3.05, 3.63) is 0 Å². The molecule has 0 unspecified atom stereocenters. The van der Waals surface area contributed by atoms with Crippen LogP contribution in [0.25, 0.3) is 0 Å². The topological polar surface area (TPSA) is 66.4 Å². The van der Waals surface area contributed by atoms with Gasteiger partial charge in [0, 0.05) is 0 Å². The third-order valence-electron chi connectivity index (χ3n) is 0.363. The van der Waals surface area contributed by atoms with Crippen molar-refractivity contribution >= 4 is 19.4 Å². The number of carboxylic acids is 1. The Kier molecular flexibility index (Phi) is 6.40. The van der Waals surface area contributed by atoms with E-state index in [1.54, 1.807) is 0 Å². The van der Waals surface area contributed by atoms with E-state index in [1.165, 1.54) is 0 Å². The van der Waals surface area contributed by atoms with Crippen molar-refractivity contribution in [2.75, 3.05) is 0 Å². The predicted molar refractivity (Wildman–Crippen MR) is 19.1 cm³/mol. The summed E-state index contributed by atoms with van der Waals surface area (Å²) in [4.78, 5) is 18.9. The van der Waals surface area contributed by atoms with Crippen LogP contribution in [0.4, 0.5) is 8.63 Å². The summed E-state index contributed by atoms with van der Waals surface area (Å²) in [5.74, 6) is -4.35. The van der Waals surface area contributed by atoms with Crippen molar-refractivity contribution in [1.82, 2.24) is 0 Å². The van der Waals surface area contributed by atoms with E-state index in [4.69, 9.17) is 0 Å². The van der Waals surface area contributed by atoms with Crippen LogP contribution >= 0.6 is 0 Å². The zero-order chi connectivity index (χ0) is 7.44. The number of carboxylic acid groups (broad SMARTS) is 1. The van der Waals surface area contributed by atoms with Gasteiger partial charge in [0.05, 0.1) is 0 Å². The van der Waals surface area contributed by atoms with Crippen LogP contribution in [0.2, 0.25) is 0 Å². The molecule has 4 nitrogen and oxygen atoms in total. The normalized spacial score (nSPS) is 7.40. The molecule has 0 fully saturated rings. The summed E-state index contributed by atoms with van der Waals surface area (Å²) < 4.78 is 24.7. The van der Waals surface area contributed by atoms with E-state index < -0.39 is 19.4 Å². The second kappa shape index (κ2) is 5.26. The van der Waals surface area contributed by atoms with E-state index in [0.717, 1.165) is 0 Å². The fraction of sp³-hybridized carbons (Fsp3) is 0. The van der Waals surface area contributed by atoms with Crippen LogP contribution in [0, 0.1) is 0 Å². The average molecular weight is 144 g/mol. The van der Waals surface area contributed by atoms with Gasteiger partial charge >= 0.3 is 32.3 Å². The van der Waals surface area contributed by atoms with Gasteiger partial charge in [-0.3, -0.25) is 0 Å². The third-order valence-corrected chi connectivity index (χ3v) is 0.363. The van der Waals surface area contributed by atoms with Crippen LogP contribution in [-0.4, -0.2) is 19.4 Å². The van der Waals surface area contributed by atoms with Gasteiger partial charge in [-0.15, -0.1) is 0 Å². The van der Waals surface area contributed by atoms with E-state index in [9.17, 15) is 23.3 Å². The Morgan fingerprint density at radius 3 is 1.90 bits per heavy atom. The largest absolute Gasteiger partial charge is 1.00 e. The second-order valence-electron chi connectivity index (χ2n) is 0.953. The molecule has 50 valence electrons. The van der Waals surface area contributed by atoms with E-state index in [2.05, 4.69) is 4.65 Å². The number of carbonyl (C=O) groups excluding carboxylic acids is 2. The SMILES string of the molecule is O=C([O-])C(=O)OB(F)F.[Li+]. The molecule has 0 rings (SSSR count). The molecule has 0 aliphatic rings. The van der Waals surface area contributed by atoms with Crippen LogP contribution in [0.1, 0.15) is 0 Å². The molecule has 10 heavy (non-hydrogen) atoms. The van der Waals surface area contributed by atoms with Crippen molar-refractivity contribution in [3.8, 4) is 0 Å². The Bertz CT molecular complexity index is 139. The third kappa shape index (κ3) is 5.60. The summed E-state index contributed by atoms with van der Waals surface area (Å²) >= 11 is 0. The van der Waals surface area contributed by atoms with Crippen LogP contribution < -0.4 is 24.0 Å². The van der Waals surface area contributed by atoms with Crippen molar-refractivity contribution in [3.63, 3.8) is 0 Å². The quantitative estimate of drug-likeness (QED) is 0.273. The van der Waals surface area contributed by atoms with Crippen molar-refractivity contribution < 1.29 is 46.8 Å². The van der Waals surface area contributed by atoms with Crippen LogP contribution in [0.3, 0.4) is 0 Å². The molecule has 0 aliphatic carbocycles. The molecule has 0 aromatic heterocycles. The van der Waals surface area contributed by atoms with Crippen molar-refractivity contribution in [2.45, 2.75) is 0 Å². The van der Waals surface area contributed by atoms with Gasteiger partial charge in [0.15, 0.2) is 5.97 Å². The summed E-state index contributed by atoms with van der Waals surface area (Å²) in [6.45, 7) is 0. The fourth-order valence-corrected chi connectivity index (χ4v) is 0.129. The Labute approximate surface area is 66.9 Å². The molecule has 8 heteroatoms. The Morgan fingerprint density at radius 1 is 1.40 bits per heavy atom. The number of hydrogen-bond donors (Lipinski definition) is 0. The molecule has 0 aromatic rings. The number of hydrogen-bond acceptors (Lipinski definition) is 4. The first-order valence-corrected chi connectivity index (χ1v) is 1.74. The van der Waals surface area contributed by atoms with Crippen LogP contribution in [-0.2, 0) is 14.2 Å². The van der Waals surface area contributed by atoms with E-state index in [1.807, 2.05) is 0 Å². The fourth-order valence-electron chi connectivity index (χ4n) is 0.129. The summed E-state index contributed by atoms with van der Waals surface area (Å²) in [5, 5.41) is 9.32. The minimum absolute atomic E-state index is 0. The van der Waals surface area contributed by atoms with Gasteiger partial charge in [0.1, 0.15) is 0 Å². The maximum atomic E-state index is 10.9. The van der Waals surface area contributed by atoms with Gasteiger partial charge in [0.2, 0.25) is 0 Å². The van der Waals surface area contributed by atoms with E-state index in [-0.39, 0.29) is 18.9 Å². The molecular formula is C2BF2LiO4. The first kappa shape index (κ1) is 12.2. The molecule has 0 atom stereocenters. The molecule has 0 bridgehead atoms. The average Bonchev–Trinajstić information content (AvgIpc) is 1.63. The summed E-state index contributed by atoms with van der Waals surface area (Å²) in [5.41, 5.74) is 0. The number of halogens is 2. The van der Waals surface area contributed by atoms with Crippen LogP contribution in [0.15, 0.2) is 0 Å². The second-order valence-corrected chi connectivity index (χ2v) is 0.953. The Balaban J connectivity index is 0. The monoisotopic (exact) mass is 144 g/mol. The summed E-state index contributed by atoms with van der Waals surface area (Å²) in [6, 6.07) is 0. The summed E-state index contributed by atoms with van der Waals surface area (Å²) in [7, 11) is -3.41. The van der Waals surface area contributed by atoms with Gasteiger partial charge in [-0.05, 0) is 0 Å². The Morgan fingerprint density at radius 2 is 1.80 bits per heavy atom. The molecule has 0 amide bonds. The Hall–Kier alpha value is -0.538. The smallest absolute Gasteiger partial charge is 0.539 e. The van der Waals surface area contributed by atoms with Crippen molar-refractivity contribution in [1.29, 1.82) is 0 Å². The maximum Gasteiger partial charge on any atom is 1.00 e. The standard InChI is InChI=1S/C2HBF2O4.Li/c4-3(5)9-2(8)1(6)7;/h(H,6,7);/q;+1/p-1. The molecule has 0 aliphatic heterocycles. The minimum Gasteiger partial charge on any atom is -0.539 e. The minimum atomic E-state index is -3.41. The first-order chi connectivity index (χ1) is 4.04. The van der Waals surface area contributed by atoms with Gasteiger partial charge in [0.25, 0.3) is 0 Å². The van der Waals surface area contributed by atoms with E-state index in [0.29, 0.717) is 0 Å². The van der Waals surface area contributed by atoms with Gasteiger partial charge in [-0.2, -0.15) is 0 Å². The zero-order valence-electron chi connectivity index (χ0n) is 4.97. The number of rotatable bonds is 1. The van der Waals surface area contributed by atoms with Crippen molar-refractivity contribution in [2.24, 2.45) is 0 Å².